The first-order valence-corrected chi connectivity index (χ1v) is 6.97. The topological polar surface area (TPSA) is 86.0 Å². The molecule has 21 heavy (non-hydrogen) atoms. The van der Waals surface area contributed by atoms with E-state index in [1.807, 2.05) is 19.1 Å². The van der Waals surface area contributed by atoms with Gasteiger partial charge in [-0.1, -0.05) is 6.92 Å². The second-order valence-corrected chi connectivity index (χ2v) is 4.86. The standard InChI is InChI=1S/C15H21N5O/c1-4-5-17-14(11-6-10(2)8-18-15(11)16)12-7-13(21-3)20-9-19-12/h6-9,14,17H,4-5H2,1-3H3,(H2,16,18). The number of anilines is 1. The van der Waals surface area contributed by atoms with Crippen LogP contribution in [0.2, 0.25) is 0 Å². The second-order valence-electron chi connectivity index (χ2n) is 4.86. The maximum Gasteiger partial charge on any atom is 0.216 e. The number of ether oxygens (including phenoxy) is 1. The number of nitrogen functional groups attached to an aromatic ring is 1. The number of hydrogen-bond donors (Lipinski definition) is 2. The molecular formula is C15H21N5O. The van der Waals surface area contributed by atoms with E-state index in [1.165, 1.54) is 6.33 Å². The zero-order valence-electron chi connectivity index (χ0n) is 12.6. The third-order valence-corrected chi connectivity index (χ3v) is 3.16. The van der Waals surface area contributed by atoms with Crippen molar-refractivity contribution in [3.8, 4) is 5.88 Å². The van der Waals surface area contributed by atoms with Crippen molar-refractivity contribution in [2.24, 2.45) is 0 Å². The first kappa shape index (κ1) is 15.2. The molecule has 0 aliphatic heterocycles. The van der Waals surface area contributed by atoms with E-state index in [-0.39, 0.29) is 6.04 Å². The molecule has 0 amide bonds. The van der Waals surface area contributed by atoms with Gasteiger partial charge in [-0.05, 0) is 31.5 Å². The third-order valence-electron chi connectivity index (χ3n) is 3.16. The van der Waals surface area contributed by atoms with Crippen LogP contribution in [0.5, 0.6) is 5.88 Å². The van der Waals surface area contributed by atoms with Crippen LogP contribution in [0.3, 0.4) is 0 Å². The molecule has 2 heterocycles. The van der Waals surface area contributed by atoms with Crippen LogP contribution in [0.4, 0.5) is 5.82 Å². The summed E-state index contributed by atoms with van der Waals surface area (Å²) in [5.41, 5.74) is 8.84. The molecule has 0 radical (unpaired) electrons. The molecular weight excluding hydrogens is 266 g/mol. The van der Waals surface area contributed by atoms with Gasteiger partial charge in [-0.15, -0.1) is 0 Å². The molecule has 1 unspecified atom stereocenters. The minimum atomic E-state index is -0.130. The van der Waals surface area contributed by atoms with Gasteiger partial charge in [-0.2, -0.15) is 0 Å². The van der Waals surface area contributed by atoms with Crippen LogP contribution < -0.4 is 15.8 Å². The van der Waals surface area contributed by atoms with Gasteiger partial charge in [0.25, 0.3) is 0 Å². The van der Waals surface area contributed by atoms with Crippen LogP contribution in [0.15, 0.2) is 24.7 Å². The number of nitrogens with one attached hydrogen (secondary N) is 1. The van der Waals surface area contributed by atoms with E-state index in [9.17, 15) is 0 Å². The van der Waals surface area contributed by atoms with Crippen molar-refractivity contribution >= 4 is 5.82 Å². The minimum absolute atomic E-state index is 0.130. The SMILES string of the molecule is CCCNC(c1cc(OC)ncn1)c1cc(C)cnc1N. The Labute approximate surface area is 124 Å². The highest BCUT2D eigenvalue weighted by atomic mass is 16.5. The summed E-state index contributed by atoms with van der Waals surface area (Å²) in [6.45, 7) is 4.96. The number of methoxy groups -OCH3 is 1. The van der Waals surface area contributed by atoms with Crippen molar-refractivity contribution in [3.63, 3.8) is 0 Å². The minimum Gasteiger partial charge on any atom is -0.481 e. The first-order chi connectivity index (χ1) is 10.2. The van der Waals surface area contributed by atoms with Crippen molar-refractivity contribution in [1.82, 2.24) is 20.3 Å². The Morgan fingerprint density at radius 2 is 2.10 bits per heavy atom. The van der Waals surface area contributed by atoms with Gasteiger partial charge in [0, 0.05) is 17.8 Å². The fourth-order valence-corrected chi connectivity index (χ4v) is 2.12. The van der Waals surface area contributed by atoms with Gasteiger partial charge < -0.3 is 15.8 Å². The van der Waals surface area contributed by atoms with E-state index >= 15 is 0 Å². The lowest BCUT2D eigenvalue weighted by Crippen LogP contribution is -2.25. The Kier molecular flexibility index (Phi) is 5.05. The number of nitrogens with zero attached hydrogens (tertiary/aromatic N) is 3. The maximum absolute atomic E-state index is 6.04. The molecule has 112 valence electrons. The van der Waals surface area contributed by atoms with Gasteiger partial charge in [0.15, 0.2) is 0 Å². The molecule has 0 aliphatic carbocycles. The van der Waals surface area contributed by atoms with E-state index in [0.29, 0.717) is 11.7 Å². The average Bonchev–Trinajstić information content (AvgIpc) is 2.51. The normalized spacial score (nSPS) is 12.1. The fraction of sp³-hybridized carbons (Fsp3) is 0.400. The molecule has 3 N–H and O–H groups in total. The van der Waals surface area contributed by atoms with Gasteiger partial charge in [-0.25, -0.2) is 15.0 Å². The molecule has 6 nitrogen and oxygen atoms in total. The highest BCUT2D eigenvalue weighted by molar-refractivity contribution is 5.46. The molecule has 0 aromatic carbocycles. The van der Waals surface area contributed by atoms with Crippen LogP contribution in [-0.4, -0.2) is 28.6 Å². The Morgan fingerprint density at radius 3 is 2.81 bits per heavy atom. The molecule has 0 spiro atoms. The van der Waals surface area contributed by atoms with E-state index in [4.69, 9.17) is 10.5 Å². The average molecular weight is 287 g/mol. The van der Waals surface area contributed by atoms with Gasteiger partial charge in [0.2, 0.25) is 5.88 Å². The van der Waals surface area contributed by atoms with Crippen molar-refractivity contribution < 1.29 is 4.74 Å². The summed E-state index contributed by atoms with van der Waals surface area (Å²) in [4.78, 5) is 12.6. The van der Waals surface area contributed by atoms with E-state index in [0.717, 1.165) is 29.8 Å². The van der Waals surface area contributed by atoms with Gasteiger partial charge in [0.1, 0.15) is 12.1 Å². The maximum atomic E-state index is 6.04. The molecule has 0 fully saturated rings. The summed E-state index contributed by atoms with van der Waals surface area (Å²) in [6.07, 6.45) is 4.27. The number of rotatable bonds is 6. The fourth-order valence-electron chi connectivity index (χ4n) is 2.12. The predicted molar refractivity (Wildman–Crippen MR) is 82.1 cm³/mol. The van der Waals surface area contributed by atoms with Crippen molar-refractivity contribution in [2.45, 2.75) is 26.3 Å². The van der Waals surface area contributed by atoms with E-state index in [2.05, 4.69) is 27.2 Å². The van der Waals surface area contributed by atoms with Crippen LogP contribution in [-0.2, 0) is 0 Å². The molecule has 0 saturated carbocycles. The number of pyridine rings is 1. The van der Waals surface area contributed by atoms with Crippen LogP contribution >= 0.6 is 0 Å². The smallest absolute Gasteiger partial charge is 0.216 e. The quantitative estimate of drug-likeness (QED) is 0.843. The lowest BCUT2D eigenvalue weighted by molar-refractivity contribution is 0.394. The molecule has 2 aromatic rings. The number of aryl methyl sites for hydroxylation is 1. The largest absolute Gasteiger partial charge is 0.481 e. The second kappa shape index (κ2) is 6.99. The lowest BCUT2D eigenvalue weighted by atomic mass is 10.0. The van der Waals surface area contributed by atoms with Crippen LogP contribution in [0, 0.1) is 6.92 Å². The van der Waals surface area contributed by atoms with E-state index < -0.39 is 0 Å². The number of hydrogen-bond acceptors (Lipinski definition) is 6. The number of nitrogens with two attached hydrogens (primary N) is 1. The van der Waals surface area contributed by atoms with Gasteiger partial charge in [0.05, 0.1) is 18.8 Å². The van der Waals surface area contributed by atoms with Crippen LogP contribution in [0.25, 0.3) is 0 Å². The Hall–Kier alpha value is -2.21. The Bertz CT molecular complexity index is 602. The summed E-state index contributed by atoms with van der Waals surface area (Å²) in [5, 5.41) is 3.46. The molecule has 1 atom stereocenters. The summed E-state index contributed by atoms with van der Waals surface area (Å²) < 4.78 is 5.17. The number of aromatic nitrogens is 3. The molecule has 2 rings (SSSR count). The summed E-state index contributed by atoms with van der Waals surface area (Å²) in [5.74, 6) is 1.04. The van der Waals surface area contributed by atoms with Crippen molar-refractivity contribution in [3.05, 3.63) is 41.5 Å². The highest BCUT2D eigenvalue weighted by Gasteiger charge is 2.19. The molecule has 2 aromatic heterocycles. The van der Waals surface area contributed by atoms with Crippen LogP contribution in [0.1, 0.15) is 36.2 Å². The summed E-state index contributed by atoms with van der Waals surface area (Å²) >= 11 is 0. The van der Waals surface area contributed by atoms with Crippen molar-refractivity contribution in [2.75, 3.05) is 19.4 Å². The van der Waals surface area contributed by atoms with Gasteiger partial charge >= 0.3 is 0 Å². The lowest BCUT2D eigenvalue weighted by Gasteiger charge is -2.20. The highest BCUT2D eigenvalue weighted by Crippen LogP contribution is 2.26. The molecule has 0 bridgehead atoms. The molecule has 0 saturated heterocycles. The Balaban J connectivity index is 2.44. The Morgan fingerprint density at radius 1 is 1.29 bits per heavy atom. The van der Waals surface area contributed by atoms with Gasteiger partial charge in [-0.3, -0.25) is 0 Å². The summed E-state index contributed by atoms with van der Waals surface area (Å²) in [7, 11) is 1.59. The first-order valence-electron chi connectivity index (χ1n) is 6.97. The van der Waals surface area contributed by atoms with E-state index in [1.54, 1.807) is 13.3 Å². The predicted octanol–water partition coefficient (Wildman–Crippen LogP) is 1.86. The zero-order valence-corrected chi connectivity index (χ0v) is 12.6. The third kappa shape index (κ3) is 3.66. The van der Waals surface area contributed by atoms with Crippen molar-refractivity contribution in [1.29, 1.82) is 0 Å². The monoisotopic (exact) mass is 287 g/mol. The molecule has 0 aliphatic rings. The molecule has 6 heteroatoms. The summed E-state index contributed by atoms with van der Waals surface area (Å²) in [6, 6.07) is 3.72. The zero-order chi connectivity index (χ0) is 15.2.